The van der Waals surface area contributed by atoms with Crippen LogP contribution in [0.25, 0.3) is 0 Å². The Hall–Kier alpha value is -2.74. The number of carbonyl (C=O) groups is 2. The van der Waals surface area contributed by atoms with Gasteiger partial charge < -0.3 is 24.6 Å². The summed E-state index contributed by atoms with van der Waals surface area (Å²) in [5.41, 5.74) is 0.296. The lowest BCUT2D eigenvalue weighted by Crippen LogP contribution is -2.23. The number of ether oxygens (including phenoxy) is 3. The van der Waals surface area contributed by atoms with Gasteiger partial charge in [0.25, 0.3) is 5.91 Å². The highest BCUT2D eigenvalue weighted by molar-refractivity contribution is 7.13. The minimum absolute atomic E-state index is 0.217. The van der Waals surface area contributed by atoms with Crippen molar-refractivity contribution in [3.8, 4) is 17.2 Å². The number of hydrogen-bond donors (Lipinski definition) is 2. The fraction of sp³-hybridized carbons (Fsp3) is 0.250. The number of aromatic carboxylic acids is 1. The molecule has 0 aliphatic rings. The first-order chi connectivity index (χ1) is 11.5. The van der Waals surface area contributed by atoms with Crippen LogP contribution in [0.2, 0.25) is 0 Å². The molecule has 2 aromatic rings. The maximum Gasteiger partial charge on any atom is 0.345 e. The number of nitrogens with one attached hydrogen (secondary N) is 1. The van der Waals surface area contributed by atoms with Gasteiger partial charge in [-0.15, -0.1) is 11.3 Å². The summed E-state index contributed by atoms with van der Waals surface area (Å²) in [6.07, 6.45) is 0. The van der Waals surface area contributed by atoms with Crippen LogP contribution in [0.15, 0.2) is 24.3 Å². The molecule has 2 rings (SSSR count). The summed E-state index contributed by atoms with van der Waals surface area (Å²) < 4.78 is 15.7. The first kappa shape index (κ1) is 17.6. The fourth-order valence-corrected chi connectivity index (χ4v) is 2.92. The number of carbonyl (C=O) groups excluding carboxylic acids is 1. The molecule has 0 saturated heterocycles. The quantitative estimate of drug-likeness (QED) is 0.795. The molecule has 128 valence electrons. The minimum atomic E-state index is -0.987. The SMILES string of the molecule is COc1ccc(C(=O)NCc2ccc(C(=O)O)s2)c(OC)c1OC. The van der Waals surface area contributed by atoms with E-state index in [4.69, 9.17) is 19.3 Å². The standard InChI is InChI=1S/C16H17NO6S/c1-21-11-6-5-10(13(22-2)14(11)23-3)15(18)17-8-9-4-7-12(24-9)16(19)20/h4-7H,8H2,1-3H3,(H,17,18)(H,19,20). The maximum absolute atomic E-state index is 12.4. The first-order valence-corrected chi connectivity index (χ1v) is 7.72. The largest absolute Gasteiger partial charge is 0.493 e. The number of carboxylic acid groups (broad SMARTS) is 1. The molecule has 0 atom stereocenters. The van der Waals surface area contributed by atoms with Crippen molar-refractivity contribution in [3.63, 3.8) is 0 Å². The summed E-state index contributed by atoms with van der Waals surface area (Å²) in [5.74, 6) is -0.295. The van der Waals surface area contributed by atoms with E-state index in [1.54, 1.807) is 18.2 Å². The summed E-state index contributed by atoms with van der Waals surface area (Å²) in [6.45, 7) is 0.217. The second-order valence-electron chi connectivity index (χ2n) is 4.64. The van der Waals surface area contributed by atoms with E-state index < -0.39 is 5.97 Å². The molecule has 24 heavy (non-hydrogen) atoms. The molecule has 0 fully saturated rings. The van der Waals surface area contributed by atoms with Crippen LogP contribution in [0.1, 0.15) is 24.9 Å². The highest BCUT2D eigenvalue weighted by atomic mass is 32.1. The maximum atomic E-state index is 12.4. The third-order valence-corrected chi connectivity index (χ3v) is 4.32. The molecular weight excluding hydrogens is 334 g/mol. The predicted molar refractivity (Wildman–Crippen MR) is 88.5 cm³/mol. The lowest BCUT2D eigenvalue weighted by molar-refractivity contribution is 0.0702. The third-order valence-electron chi connectivity index (χ3n) is 3.24. The van der Waals surface area contributed by atoms with Gasteiger partial charge in [-0.25, -0.2) is 4.79 Å². The molecule has 8 heteroatoms. The van der Waals surface area contributed by atoms with E-state index in [1.807, 2.05) is 0 Å². The second-order valence-corrected chi connectivity index (χ2v) is 5.80. The third kappa shape index (κ3) is 3.60. The number of methoxy groups -OCH3 is 3. The number of hydrogen-bond acceptors (Lipinski definition) is 6. The molecule has 0 unspecified atom stereocenters. The Balaban J connectivity index is 2.18. The van der Waals surface area contributed by atoms with Crippen molar-refractivity contribution in [2.45, 2.75) is 6.54 Å². The van der Waals surface area contributed by atoms with Crippen molar-refractivity contribution in [2.75, 3.05) is 21.3 Å². The van der Waals surface area contributed by atoms with E-state index in [-0.39, 0.29) is 23.1 Å². The highest BCUT2D eigenvalue weighted by Gasteiger charge is 2.20. The molecule has 1 heterocycles. The van der Waals surface area contributed by atoms with E-state index in [2.05, 4.69) is 5.32 Å². The van der Waals surface area contributed by atoms with Crippen LogP contribution in [0.5, 0.6) is 17.2 Å². The van der Waals surface area contributed by atoms with Gasteiger partial charge in [-0.2, -0.15) is 0 Å². The topological polar surface area (TPSA) is 94.1 Å². The van der Waals surface area contributed by atoms with Gasteiger partial charge >= 0.3 is 5.97 Å². The zero-order valence-electron chi connectivity index (χ0n) is 13.4. The van der Waals surface area contributed by atoms with Gasteiger partial charge in [-0.05, 0) is 24.3 Å². The number of thiophene rings is 1. The summed E-state index contributed by atoms with van der Waals surface area (Å²) in [7, 11) is 4.39. The zero-order valence-corrected chi connectivity index (χ0v) is 14.2. The van der Waals surface area contributed by atoms with E-state index in [9.17, 15) is 9.59 Å². The zero-order chi connectivity index (χ0) is 17.7. The van der Waals surface area contributed by atoms with E-state index in [0.29, 0.717) is 17.1 Å². The Labute approximate surface area is 142 Å². The minimum Gasteiger partial charge on any atom is -0.493 e. The molecule has 0 saturated carbocycles. The fourth-order valence-electron chi connectivity index (χ4n) is 2.13. The van der Waals surface area contributed by atoms with Crippen LogP contribution in [-0.2, 0) is 6.54 Å². The summed E-state index contributed by atoms with van der Waals surface area (Å²) in [4.78, 5) is 24.2. The van der Waals surface area contributed by atoms with Crippen LogP contribution in [-0.4, -0.2) is 38.3 Å². The predicted octanol–water partition coefficient (Wildman–Crippen LogP) is 2.40. The molecule has 1 amide bonds. The number of benzene rings is 1. The number of carboxylic acids is 1. The number of amides is 1. The van der Waals surface area contributed by atoms with Crippen molar-refractivity contribution < 1.29 is 28.9 Å². The smallest absolute Gasteiger partial charge is 0.345 e. The highest BCUT2D eigenvalue weighted by Crippen LogP contribution is 2.39. The van der Waals surface area contributed by atoms with Crippen molar-refractivity contribution in [2.24, 2.45) is 0 Å². The van der Waals surface area contributed by atoms with Gasteiger partial charge in [-0.3, -0.25) is 4.79 Å². The van der Waals surface area contributed by atoms with Crippen molar-refractivity contribution in [3.05, 3.63) is 39.6 Å². The molecule has 7 nitrogen and oxygen atoms in total. The molecule has 0 aliphatic carbocycles. The Morgan fingerprint density at radius 2 is 1.75 bits per heavy atom. The van der Waals surface area contributed by atoms with Crippen LogP contribution in [0.4, 0.5) is 0 Å². The van der Waals surface area contributed by atoms with Crippen LogP contribution >= 0.6 is 11.3 Å². The Bertz CT molecular complexity index is 755. The van der Waals surface area contributed by atoms with Crippen molar-refractivity contribution in [1.29, 1.82) is 0 Å². The monoisotopic (exact) mass is 351 g/mol. The van der Waals surface area contributed by atoms with Gasteiger partial charge in [-0.1, -0.05) is 0 Å². The Kier molecular flexibility index (Phi) is 5.64. The van der Waals surface area contributed by atoms with Gasteiger partial charge in [0.05, 0.1) is 33.4 Å². The molecule has 0 bridgehead atoms. The normalized spacial score (nSPS) is 10.1. The molecule has 1 aromatic heterocycles. The van der Waals surface area contributed by atoms with E-state index >= 15 is 0 Å². The van der Waals surface area contributed by atoms with Gasteiger partial charge in [0.2, 0.25) is 5.75 Å². The van der Waals surface area contributed by atoms with Gasteiger partial charge in [0, 0.05) is 4.88 Å². The van der Waals surface area contributed by atoms with E-state index in [0.717, 1.165) is 16.2 Å². The molecule has 1 aromatic carbocycles. The average molecular weight is 351 g/mol. The average Bonchev–Trinajstić information content (AvgIpc) is 3.07. The lowest BCUT2D eigenvalue weighted by Gasteiger charge is -2.15. The molecule has 0 radical (unpaired) electrons. The number of rotatable bonds is 7. The van der Waals surface area contributed by atoms with Crippen molar-refractivity contribution >= 4 is 23.2 Å². The molecule has 0 aliphatic heterocycles. The summed E-state index contributed by atoms with van der Waals surface area (Å²) in [5, 5.41) is 11.6. The van der Waals surface area contributed by atoms with Crippen molar-refractivity contribution in [1.82, 2.24) is 5.32 Å². The first-order valence-electron chi connectivity index (χ1n) is 6.91. The Morgan fingerprint density at radius 1 is 1.04 bits per heavy atom. The van der Waals surface area contributed by atoms with Gasteiger partial charge in [0.15, 0.2) is 11.5 Å². The lowest BCUT2D eigenvalue weighted by atomic mass is 10.1. The van der Waals surface area contributed by atoms with Crippen LogP contribution < -0.4 is 19.5 Å². The van der Waals surface area contributed by atoms with E-state index in [1.165, 1.54) is 27.4 Å². The molecule has 2 N–H and O–H groups in total. The Morgan fingerprint density at radius 3 is 2.29 bits per heavy atom. The second kappa shape index (κ2) is 7.69. The van der Waals surface area contributed by atoms with Crippen LogP contribution in [0.3, 0.4) is 0 Å². The summed E-state index contributed by atoms with van der Waals surface area (Å²) >= 11 is 1.11. The van der Waals surface area contributed by atoms with Gasteiger partial charge in [0.1, 0.15) is 4.88 Å². The molecule has 0 spiro atoms. The molecular formula is C16H17NO6S. The van der Waals surface area contributed by atoms with Crippen LogP contribution in [0, 0.1) is 0 Å². The summed E-state index contributed by atoms with van der Waals surface area (Å²) in [6, 6.07) is 6.36.